The molecule has 1 amide bonds. The van der Waals surface area contributed by atoms with Gasteiger partial charge in [-0.15, -0.1) is 0 Å². The number of nitrogens with one attached hydrogen (secondary N) is 1. The second-order valence-corrected chi connectivity index (χ2v) is 5.26. The van der Waals surface area contributed by atoms with E-state index in [0.717, 1.165) is 18.2 Å². The minimum atomic E-state index is -0.761. The molecule has 0 aliphatic carbocycles. The maximum atomic E-state index is 13.6. The van der Waals surface area contributed by atoms with E-state index in [1.807, 2.05) is 0 Å². The topological polar surface area (TPSA) is 29.1 Å². The number of benzene rings is 2. The molecule has 21 heavy (non-hydrogen) atoms. The van der Waals surface area contributed by atoms with Crippen LogP contribution in [0.5, 0.6) is 0 Å². The lowest BCUT2D eigenvalue weighted by molar-refractivity contribution is 0.0938. The quantitative estimate of drug-likeness (QED) is 0.868. The van der Waals surface area contributed by atoms with Gasteiger partial charge in [-0.05, 0) is 53.2 Å². The largest absolute Gasteiger partial charge is 0.345 e. The lowest BCUT2D eigenvalue weighted by atomic mass is 10.1. The molecule has 0 saturated carbocycles. The summed E-state index contributed by atoms with van der Waals surface area (Å²) in [4.78, 5) is 12.1. The Bertz CT molecular complexity index is 691. The smallest absolute Gasteiger partial charge is 0.253 e. The number of hydrogen-bond donors (Lipinski definition) is 1. The molecule has 1 unspecified atom stereocenters. The summed E-state index contributed by atoms with van der Waals surface area (Å²) in [6, 6.07) is 6.27. The molecule has 2 rings (SSSR count). The zero-order valence-corrected chi connectivity index (χ0v) is 12.5. The molecule has 1 N–H and O–H groups in total. The van der Waals surface area contributed by atoms with Gasteiger partial charge in [0.15, 0.2) is 0 Å². The maximum Gasteiger partial charge on any atom is 0.253 e. The average Bonchev–Trinajstić information content (AvgIpc) is 2.44. The molecule has 0 fully saturated rings. The summed E-state index contributed by atoms with van der Waals surface area (Å²) in [5.74, 6) is -2.38. The van der Waals surface area contributed by atoms with Gasteiger partial charge < -0.3 is 5.32 Å². The fraction of sp³-hybridized carbons (Fsp3) is 0.133. The standard InChI is InChI=1S/C15H11BrF3NO/c1-8(11-7-9(17)5-6-12(11)18)20-15(21)10-3-2-4-13(19)14(10)16/h2-8H,1H3,(H,20,21). The van der Waals surface area contributed by atoms with Crippen molar-refractivity contribution in [1.29, 1.82) is 0 Å². The monoisotopic (exact) mass is 357 g/mol. The van der Waals surface area contributed by atoms with Crippen molar-refractivity contribution in [3.63, 3.8) is 0 Å². The van der Waals surface area contributed by atoms with Crippen LogP contribution < -0.4 is 5.32 Å². The van der Waals surface area contributed by atoms with Crippen LogP contribution in [-0.2, 0) is 0 Å². The highest BCUT2D eigenvalue weighted by Gasteiger charge is 2.18. The molecule has 0 spiro atoms. The summed E-state index contributed by atoms with van der Waals surface area (Å²) < 4.78 is 40.2. The normalized spacial score (nSPS) is 12.0. The van der Waals surface area contributed by atoms with Crippen molar-refractivity contribution >= 4 is 21.8 Å². The lowest BCUT2D eigenvalue weighted by Crippen LogP contribution is -2.27. The van der Waals surface area contributed by atoms with E-state index >= 15 is 0 Å². The van der Waals surface area contributed by atoms with E-state index in [1.165, 1.54) is 25.1 Å². The van der Waals surface area contributed by atoms with Crippen LogP contribution in [0.3, 0.4) is 0 Å². The number of halogens is 4. The second-order valence-electron chi connectivity index (χ2n) is 4.46. The van der Waals surface area contributed by atoms with Gasteiger partial charge in [0.1, 0.15) is 17.5 Å². The van der Waals surface area contributed by atoms with Crippen LogP contribution in [0.4, 0.5) is 13.2 Å². The molecule has 1 atom stereocenters. The minimum Gasteiger partial charge on any atom is -0.345 e. The van der Waals surface area contributed by atoms with Crippen molar-refractivity contribution in [3.05, 3.63) is 69.4 Å². The Morgan fingerprint density at radius 3 is 2.57 bits per heavy atom. The molecular weight excluding hydrogens is 347 g/mol. The van der Waals surface area contributed by atoms with Crippen LogP contribution in [0.2, 0.25) is 0 Å². The highest BCUT2D eigenvalue weighted by atomic mass is 79.9. The molecule has 0 aliphatic heterocycles. The highest BCUT2D eigenvalue weighted by Crippen LogP contribution is 2.22. The molecule has 0 heterocycles. The van der Waals surface area contributed by atoms with E-state index in [2.05, 4.69) is 21.2 Å². The maximum absolute atomic E-state index is 13.6. The van der Waals surface area contributed by atoms with E-state index in [0.29, 0.717) is 0 Å². The molecule has 0 aromatic heterocycles. The highest BCUT2D eigenvalue weighted by molar-refractivity contribution is 9.10. The Morgan fingerprint density at radius 2 is 1.86 bits per heavy atom. The summed E-state index contributed by atoms with van der Waals surface area (Å²) in [6.45, 7) is 1.52. The molecular formula is C15H11BrF3NO. The van der Waals surface area contributed by atoms with Crippen LogP contribution in [0, 0.1) is 17.5 Å². The molecule has 0 radical (unpaired) electrons. The van der Waals surface area contributed by atoms with E-state index in [9.17, 15) is 18.0 Å². The molecule has 0 bridgehead atoms. The van der Waals surface area contributed by atoms with Gasteiger partial charge in [-0.3, -0.25) is 4.79 Å². The SMILES string of the molecule is CC(NC(=O)c1cccc(F)c1Br)c1cc(F)ccc1F. The molecule has 110 valence electrons. The molecule has 2 aromatic carbocycles. The Kier molecular flexibility index (Phi) is 4.67. The van der Waals surface area contributed by atoms with E-state index in [-0.39, 0.29) is 15.6 Å². The van der Waals surface area contributed by atoms with Gasteiger partial charge in [0, 0.05) is 5.56 Å². The first-order valence-electron chi connectivity index (χ1n) is 6.10. The van der Waals surface area contributed by atoms with Crippen LogP contribution in [0.25, 0.3) is 0 Å². The first-order valence-corrected chi connectivity index (χ1v) is 6.89. The predicted molar refractivity (Wildman–Crippen MR) is 76.3 cm³/mol. The predicted octanol–water partition coefficient (Wildman–Crippen LogP) is 4.36. The fourth-order valence-electron chi connectivity index (χ4n) is 1.88. The third-order valence-corrected chi connectivity index (χ3v) is 3.77. The van der Waals surface area contributed by atoms with Gasteiger partial charge in [-0.25, -0.2) is 13.2 Å². The summed E-state index contributed by atoms with van der Waals surface area (Å²) in [7, 11) is 0. The summed E-state index contributed by atoms with van der Waals surface area (Å²) in [5.41, 5.74) is 0.106. The van der Waals surface area contributed by atoms with E-state index < -0.39 is 29.4 Å². The summed E-state index contributed by atoms with van der Waals surface area (Å²) >= 11 is 2.98. The number of amides is 1. The Hall–Kier alpha value is -1.82. The number of hydrogen-bond acceptors (Lipinski definition) is 1. The Labute approximate surface area is 128 Å². The van der Waals surface area contributed by atoms with E-state index in [1.54, 1.807) is 0 Å². The van der Waals surface area contributed by atoms with Gasteiger partial charge in [0.2, 0.25) is 0 Å². The van der Waals surface area contributed by atoms with Crippen LogP contribution in [0.1, 0.15) is 28.9 Å². The number of rotatable bonds is 3. The molecule has 0 aliphatic rings. The molecule has 2 nitrogen and oxygen atoms in total. The fourth-order valence-corrected chi connectivity index (χ4v) is 2.32. The first kappa shape index (κ1) is 15.6. The van der Waals surface area contributed by atoms with Crippen molar-refractivity contribution in [1.82, 2.24) is 5.32 Å². The van der Waals surface area contributed by atoms with Gasteiger partial charge >= 0.3 is 0 Å². The van der Waals surface area contributed by atoms with Crippen LogP contribution >= 0.6 is 15.9 Å². The molecule has 2 aromatic rings. The van der Waals surface area contributed by atoms with Crippen LogP contribution in [0.15, 0.2) is 40.9 Å². The second kappa shape index (κ2) is 6.30. The third kappa shape index (κ3) is 3.44. The van der Waals surface area contributed by atoms with Crippen molar-refractivity contribution < 1.29 is 18.0 Å². The van der Waals surface area contributed by atoms with Gasteiger partial charge in [0.05, 0.1) is 16.1 Å². The zero-order chi connectivity index (χ0) is 15.6. The van der Waals surface area contributed by atoms with Crippen molar-refractivity contribution in [2.24, 2.45) is 0 Å². The van der Waals surface area contributed by atoms with Crippen molar-refractivity contribution in [3.8, 4) is 0 Å². The average molecular weight is 358 g/mol. The molecule has 0 saturated heterocycles. The zero-order valence-electron chi connectivity index (χ0n) is 11.0. The molecule has 6 heteroatoms. The van der Waals surface area contributed by atoms with Crippen molar-refractivity contribution in [2.45, 2.75) is 13.0 Å². The lowest BCUT2D eigenvalue weighted by Gasteiger charge is -2.16. The minimum absolute atomic E-state index is 0.0226. The van der Waals surface area contributed by atoms with E-state index in [4.69, 9.17) is 0 Å². The van der Waals surface area contributed by atoms with Crippen LogP contribution in [-0.4, -0.2) is 5.91 Å². The third-order valence-electron chi connectivity index (χ3n) is 2.97. The number of carbonyl (C=O) groups is 1. The van der Waals surface area contributed by atoms with Gasteiger partial charge in [0.25, 0.3) is 5.91 Å². The summed E-state index contributed by atoms with van der Waals surface area (Å²) in [6.07, 6.45) is 0. The van der Waals surface area contributed by atoms with Gasteiger partial charge in [-0.1, -0.05) is 6.07 Å². The van der Waals surface area contributed by atoms with Gasteiger partial charge in [-0.2, -0.15) is 0 Å². The number of carbonyl (C=O) groups excluding carboxylic acids is 1. The first-order chi connectivity index (χ1) is 9.90. The van der Waals surface area contributed by atoms with Crippen molar-refractivity contribution in [2.75, 3.05) is 0 Å². The Morgan fingerprint density at radius 1 is 1.14 bits per heavy atom. The Balaban J connectivity index is 2.23. The summed E-state index contributed by atoms with van der Waals surface area (Å²) in [5, 5.41) is 2.51.